The lowest BCUT2D eigenvalue weighted by atomic mass is 9.95. The van der Waals surface area contributed by atoms with Crippen LogP contribution in [-0.2, 0) is 28.4 Å². The van der Waals surface area contributed by atoms with Crippen molar-refractivity contribution in [3.05, 3.63) is 0 Å². The molecular weight excluding hydrogens is 989 g/mol. The molecule has 2 aliphatic carbocycles. The fourth-order valence-corrected chi connectivity index (χ4v) is 9.47. The minimum atomic E-state index is 0.315. The largest absolute Gasteiger partial charge is 0.381 e. The summed E-state index contributed by atoms with van der Waals surface area (Å²) < 4.78 is 31.5. The zero-order valence-electron chi connectivity index (χ0n) is 61.7. The zero-order valence-corrected chi connectivity index (χ0v) is 61.7. The normalized spacial score (nSPS) is 22.9. The van der Waals surface area contributed by atoms with Gasteiger partial charge in [0.15, 0.2) is 0 Å². The van der Waals surface area contributed by atoms with Crippen LogP contribution in [0.25, 0.3) is 0 Å². The van der Waals surface area contributed by atoms with E-state index in [4.69, 9.17) is 28.4 Å². The lowest BCUT2D eigenvalue weighted by Crippen LogP contribution is -2.27. The molecule has 6 heterocycles. The van der Waals surface area contributed by atoms with Crippen LogP contribution >= 0.6 is 0 Å². The molecule has 496 valence electrons. The average molecular weight is 1150 g/mol. The van der Waals surface area contributed by atoms with Crippen molar-refractivity contribution in [2.24, 2.45) is 65.1 Å². The third-order valence-electron chi connectivity index (χ3n) is 14.7. The van der Waals surface area contributed by atoms with E-state index < -0.39 is 0 Å². The number of nitrogens with one attached hydrogen (secondary N) is 2. The van der Waals surface area contributed by atoms with Gasteiger partial charge in [0, 0.05) is 39.0 Å². The molecule has 8 rings (SSSR count). The van der Waals surface area contributed by atoms with Crippen LogP contribution in [0.1, 0.15) is 318 Å². The maximum Gasteiger partial charge on any atom is 0.147 e. The number of rotatable bonds is 8. The molecule has 80 heavy (non-hydrogen) atoms. The number of hydrogen-bond acceptors (Lipinski definition) is 8. The van der Waals surface area contributed by atoms with E-state index in [1.165, 1.54) is 103 Å². The maximum absolute atomic E-state index is 5.41. The molecule has 8 heteroatoms. The Hall–Kier alpha value is -0.320. The van der Waals surface area contributed by atoms with Crippen LogP contribution in [0, 0.1) is 65.1 Å². The number of hydrogen-bond donors (Lipinski definition) is 2. The molecule has 6 aliphatic heterocycles. The Labute approximate surface area is 509 Å². The van der Waals surface area contributed by atoms with Gasteiger partial charge in [-0.05, 0) is 117 Å². The maximum atomic E-state index is 5.41. The van der Waals surface area contributed by atoms with Crippen LogP contribution in [0.4, 0.5) is 0 Å². The van der Waals surface area contributed by atoms with E-state index in [2.05, 4.69) is 121 Å². The van der Waals surface area contributed by atoms with Gasteiger partial charge < -0.3 is 33.7 Å². The molecule has 2 saturated carbocycles. The molecule has 0 bridgehead atoms. The Kier molecular flexibility index (Phi) is 89.7. The summed E-state index contributed by atoms with van der Waals surface area (Å²) >= 11 is 0. The first-order chi connectivity index (χ1) is 38.4. The fourth-order valence-electron chi connectivity index (χ4n) is 9.47. The van der Waals surface area contributed by atoms with Crippen molar-refractivity contribution in [2.75, 3.05) is 59.5 Å². The first-order valence-electron chi connectivity index (χ1n) is 35.5. The summed E-state index contributed by atoms with van der Waals surface area (Å²) in [5, 5.41) is 6.69. The summed E-state index contributed by atoms with van der Waals surface area (Å²) in [5.41, 5.74) is 0. The van der Waals surface area contributed by atoms with Gasteiger partial charge >= 0.3 is 0 Å². The molecule has 0 aromatic heterocycles. The monoisotopic (exact) mass is 1150 g/mol. The topological polar surface area (TPSA) is 79.4 Å². The second-order valence-corrected chi connectivity index (χ2v) is 22.9. The van der Waals surface area contributed by atoms with Crippen LogP contribution in [0.2, 0.25) is 0 Å². The number of ether oxygens (including phenoxy) is 6. The van der Waals surface area contributed by atoms with E-state index in [1.807, 2.05) is 111 Å². The standard InChI is InChI=1S/2C8H16.C7H15N.3C7H14O.C6H13NO.C6H12O2.8C2H6/c2*1-7(2)8-5-3-4-6-8;1-6(2)7-4-3-5-8-7;1-6(2)7-3-4-8-5-7;2*1-6(2)7-4-3-5-8-7;1-5(2)6-7-3-4-8-6;1-5(2)6-3-7-4-8-6;8*1-2/h2*7-8H,3-6H2,1-2H3;6-8H,3-5H2,1-2H3;3*6-7H,3-5H2,1-2H3;5-7H,3-4H2,1-2H3;5-6H,3-4H2,1-2H3;8*1-2H3. The molecule has 0 aromatic rings. The van der Waals surface area contributed by atoms with E-state index in [1.54, 1.807) is 0 Å². The van der Waals surface area contributed by atoms with Gasteiger partial charge in [-0.3, -0.25) is 5.32 Å². The van der Waals surface area contributed by atoms with Gasteiger partial charge in [-0.2, -0.15) is 0 Å². The van der Waals surface area contributed by atoms with Gasteiger partial charge in [-0.25, -0.2) is 0 Å². The minimum absolute atomic E-state index is 0.315. The SMILES string of the molecule is CC.CC.CC.CC.CC.CC.CC.CC.CC(C)C1CCCC1.CC(C)C1CCCC1.CC(C)C1CCCN1.CC(C)C1CCCO1.CC(C)C1CCCO1.CC(C)C1CCOC1.CC(C)C1COCO1.CC(C)C1NCCO1. The zero-order chi connectivity index (χ0) is 63.9. The molecule has 0 radical (unpaired) electrons. The molecule has 8 fully saturated rings. The molecule has 0 amide bonds. The highest BCUT2D eigenvalue weighted by molar-refractivity contribution is 4.76. The summed E-state index contributed by atoms with van der Waals surface area (Å²) in [7, 11) is 0. The van der Waals surface area contributed by atoms with Crippen LogP contribution < -0.4 is 10.6 Å². The molecule has 6 unspecified atom stereocenters. The summed E-state index contributed by atoms with van der Waals surface area (Å²) in [5.74, 6) is 9.15. The lowest BCUT2D eigenvalue weighted by Gasteiger charge is -2.12. The van der Waals surface area contributed by atoms with Gasteiger partial charge in [0.1, 0.15) is 13.0 Å². The van der Waals surface area contributed by atoms with Crippen molar-refractivity contribution in [1.29, 1.82) is 0 Å². The molecule has 0 spiro atoms. The summed E-state index contributed by atoms with van der Waals surface area (Å²) in [6.07, 6.45) is 22.9. The Morgan fingerprint density at radius 1 is 0.275 bits per heavy atom. The Bertz CT molecular complexity index is 752. The van der Waals surface area contributed by atoms with E-state index in [0.717, 1.165) is 105 Å². The van der Waals surface area contributed by atoms with Crippen molar-refractivity contribution in [3.63, 3.8) is 0 Å². The van der Waals surface area contributed by atoms with E-state index >= 15 is 0 Å². The molecule has 6 atom stereocenters. The van der Waals surface area contributed by atoms with Crippen LogP contribution in [0.5, 0.6) is 0 Å². The van der Waals surface area contributed by atoms with Gasteiger partial charge in [-0.15, -0.1) is 0 Å². The highest BCUT2D eigenvalue weighted by atomic mass is 16.7. The first kappa shape index (κ1) is 96.0. The van der Waals surface area contributed by atoms with Crippen molar-refractivity contribution in [2.45, 2.75) is 348 Å². The van der Waals surface area contributed by atoms with E-state index in [-0.39, 0.29) is 0 Å². The van der Waals surface area contributed by atoms with E-state index in [9.17, 15) is 0 Å². The Morgan fingerprint density at radius 2 is 0.675 bits per heavy atom. The van der Waals surface area contributed by atoms with Crippen LogP contribution in [0.15, 0.2) is 0 Å². The smallest absolute Gasteiger partial charge is 0.147 e. The summed E-state index contributed by atoms with van der Waals surface area (Å²) in [6, 6.07) is 0.815. The third-order valence-corrected chi connectivity index (χ3v) is 14.7. The molecule has 8 nitrogen and oxygen atoms in total. The first-order valence-corrected chi connectivity index (χ1v) is 35.5. The van der Waals surface area contributed by atoms with Gasteiger partial charge in [-0.1, -0.05) is 273 Å². The third kappa shape index (κ3) is 59.4. The van der Waals surface area contributed by atoms with Crippen LogP contribution in [-0.4, -0.2) is 90.1 Å². The quantitative estimate of drug-likeness (QED) is 0.249. The van der Waals surface area contributed by atoms with Crippen molar-refractivity contribution >= 4 is 0 Å². The lowest BCUT2D eigenvalue weighted by molar-refractivity contribution is 0.0336. The molecule has 8 aliphatic rings. The Morgan fingerprint density at radius 3 is 0.825 bits per heavy atom. The molecule has 2 N–H and O–H groups in total. The van der Waals surface area contributed by atoms with Crippen molar-refractivity contribution in [3.8, 4) is 0 Å². The van der Waals surface area contributed by atoms with Gasteiger partial charge in [0.05, 0.1) is 31.5 Å². The van der Waals surface area contributed by atoms with Gasteiger partial charge in [0.2, 0.25) is 0 Å². The molecule has 6 saturated heterocycles. The highest BCUT2D eigenvalue weighted by Crippen LogP contribution is 2.31. The summed E-state index contributed by atoms with van der Waals surface area (Å²) in [4.78, 5) is 0. The fraction of sp³-hybridized carbons (Fsp3) is 1.00. The highest BCUT2D eigenvalue weighted by Gasteiger charge is 2.22. The van der Waals surface area contributed by atoms with Gasteiger partial charge in [0.25, 0.3) is 0 Å². The predicted molar refractivity (Wildman–Crippen MR) is 365 cm³/mol. The second-order valence-electron chi connectivity index (χ2n) is 22.9. The van der Waals surface area contributed by atoms with E-state index in [0.29, 0.717) is 43.2 Å². The Balaban J connectivity index is -0.000000119. The van der Waals surface area contributed by atoms with Crippen molar-refractivity contribution < 1.29 is 28.4 Å². The minimum Gasteiger partial charge on any atom is -0.381 e. The van der Waals surface area contributed by atoms with Crippen LogP contribution in [0.3, 0.4) is 0 Å². The second kappa shape index (κ2) is 74.8. The average Bonchev–Trinajstić information content (AvgIpc) is 4.34. The van der Waals surface area contributed by atoms with Crippen molar-refractivity contribution in [1.82, 2.24) is 10.6 Å². The molecule has 0 aromatic carbocycles. The summed E-state index contributed by atoms with van der Waals surface area (Å²) in [6.45, 7) is 76.3. The predicted octanol–water partition coefficient (Wildman–Crippen LogP) is 22.2. The molecular formula is C72H162N2O6.